The van der Waals surface area contributed by atoms with Gasteiger partial charge in [0.05, 0.1) is 5.92 Å². The van der Waals surface area contributed by atoms with Gasteiger partial charge in [0.2, 0.25) is 0 Å². The third-order valence-corrected chi connectivity index (χ3v) is 3.65. The van der Waals surface area contributed by atoms with Crippen LogP contribution >= 0.6 is 0 Å². The Morgan fingerprint density at radius 2 is 2.17 bits per heavy atom. The SMILES string of the molecule is CC1C(C(=O)O)CCN1CC=Cc1ccccc1. The van der Waals surface area contributed by atoms with Crippen LogP contribution in [0.1, 0.15) is 18.9 Å². The monoisotopic (exact) mass is 245 g/mol. The molecule has 2 atom stereocenters. The normalized spacial score (nSPS) is 24.7. The van der Waals surface area contributed by atoms with Crippen LogP contribution in [0.15, 0.2) is 36.4 Å². The molecule has 0 aromatic heterocycles. The molecule has 0 saturated carbocycles. The van der Waals surface area contributed by atoms with Crippen LogP contribution in [-0.2, 0) is 4.79 Å². The van der Waals surface area contributed by atoms with Crippen LogP contribution in [0.3, 0.4) is 0 Å². The van der Waals surface area contributed by atoms with E-state index in [1.807, 2.05) is 25.1 Å². The summed E-state index contributed by atoms with van der Waals surface area (Å²) in [4.78, 5) is 13.2. The lowest BCUT2D eigenvalue weighted by atomic mass is 10.0. The standard InChI is InChI=1S/C15H19NO2/c1-12-14(15(17)18)9-11-16(12)10-5-8-13-6-3-2-4-7-13/h2-8,12,14H,9-11H2,1H3,(H,17,18). The fourth-order valence-corrected chi connectivity index (χ4v) is 2.48. The second-order valence-electron chi connectivity index (χ2n) is 4.78. The number of likely N-dealkylation sites (tertiary alicyclic amines) is 1. The van der Waals surface area contributed by atoms with E-state index in [0.717, 1.165) is 19.5 Å². The van der Waals surface area contributed by atoms with Gasteiger partial charge in [0.1, 0.15) is 0 Å². The van der Waals surface area contributed by atoms with Crippen molar-refractivity contribution in [1.29, 1.82) is 0 Å². The van der Waals surface area contributed by atoms with Crippen molar-refractivity contribution in [2.45, 2.75) is 19.4 Å². The van der Waals surface area contributed by atoms with E-state index >= 15 is 0 Å². The zero-order valence-corrected chi connectivity index (χ0v) is 10.6. The highest BCUT2D eigenvalue weighted by molar-refractivity contribution is 5.71. The van der Waals surface area contributed by atoms with E-state index in [0.29, 0.717) is 0 Å². The van der Waals surface area contributed by atoms with E-state index in [-0.39, 0.29) is 12.0 Å². The van der Waals surface area contributed by atoms with E-state index in [1.54, 1.807) is 0 Å². The summed E-state index contributed by atoms with van der Waals surface area (Å²) in [5, 5.41) is 9.06. The molecule has 1 fully saturated rings. The van der Waals surface area contributed by atoms with Gasteiger partial charge in [-0.25, -0.2) is 0 Å². The smallest absolute Gasteiger partial charge is 0.308 e. The number of nitrogens with zero attached hydrogens (tertiary/aromatic N) is 1. The molecule has 1 aromatic carbocycles. The average Bonchev–Trinajstić information content (AvgIpc) is 2.73. The van der Waals surface area contributed by atoms with E-state index in [4.69, 9.17) is 5.11 Å². The highest BCUT2D eigenvalue weighted by Crippen LogP contribution is 2.23. The van der Waals surface area contributed by atoms with Gasteiger partial charge in [0.15, 0.2) is 0 Å². The van der Waals surface area contributed by atoms with E-state index in [9.17, 15) is 4.79 Å². The van der Waals surface area contributed by atoms with Gasteiger partial charge in [-0.3, -0.25) is 9.69 Å². The minimum Gasteiger partial charge on any atom is -0.481 e. The summed E-state index contributed by atoms with van der Waals surface area (Å²) in [5.74, 6) is -0.882. The van der Waals surface area contributed by atoms with Crippen LogP contribution in [-0.4, -0.2) is 35.1 Å². The molecule has 3 heteroatoms. The van der Waals surface area contributed by atoms with Crippen molar-refractivity contribution in [3.8, 4) is 0 Å². The Balaban J connectivity index is 1.88. The van der Waals surface area contributed by atoms with Crippen molar-refractivity contribution >= 4 is 12.0 Å². The average molecular weight is 245 g/mol. The molecule has 0 radical (unpaired) electrons. The van der Waals surface area contributed by atoms with Gasteiger partial charge in [-0.2, -0.15) is 0 Å². The van der Waals surface area contributed by atoms with Crippen molar-refractivity contribution in [3.63, 3.8) is 0 Å². The van der Waals surface area contributed by atoms with Gasteiger partial charge in [-0.15, -0.1) is 0 Å². The Hall–Kier alpha value is -1.61. The van der Waals surface area contributed by atoms with Crippen molar-refractivity contribution in [2.75, 3.05) is 13.1 Å². The van der Waals surface area contributed by atoms with Gasteiger partial charge in [0, 0.05) is 12.6 Å². The maximum Gasteiger partial charge on any atom is 0.308 e. The third kappa shape index (κ3) is 2.99. The lowest BCUT2D eigenvalue weighted by molar-refractivity contribution is -0.142. The molecule has 3 nitrogen and oxygen atoms in total. The minimum atomic E-state index is -0.669. The van der Waals surface area contributed by atoms with E-state index in [2.05, 4.69) is 29.2 Å². The fourth-order valence-electron chi connectivity index (χ4n) is 2.48. The molecule has 1 saturated heterocycles. The van der Waals surface area contributed by atoms with Crippen molar-refractivity contribution < 1.29 is 9.90 Å². The Morgan fingerprint density at radius 1 is 1.44 bits per heavy atom. The Kier molecular flexibility index (Phi) is 4.15. The maximum absolute atomic E-state index is 11.0. The Bertz CT molecular complexity index is 427. The minimum absolute atomic E-state index is 0.128. The van der Waals surface area contributed by atoms with Gasteiger partial charge in [-0.1, -0.05) is 42.5 Å². The first-order valence-electron chi connectivity index (χ1n) is 6.37. The Labute approximate surface area is 108 Å². The summed E-state index contributed by atoms with van der Waals surface area (Å²) < 4.78 is 0. The van der Waals surface area contributed by atoms with Crippen LogP contribution < -0.4 is 0 Å². The quantitative estimate of drug-likeness (QED) is 0.886. The van der Waals surface area contributed by atoms with Crippen molar-refractivity contribution in [3.05, 3.63) is 42.0 Å². The van der Waals surface area contributed by atoms with Crippen LogP contribution in [0.2, 0.25) is 0 Å². The van der Waals surface area contributed by atoms with Crippen LogP contribution in [0, 0.1) is 5.92 Å². The zero-order chi connectivity index (χ0) is 13.0. The molecule has 2 unspecified atom stereocenters. The van der Waals surface area contributed by atoms with Gasteiger partial charge in [-0.05, 0) is 25.5 Å². The lowest BCUT2D eigenvalue weighted by Gasteiger charge is -2.21. The molecule has 0 spiro atoms. The number of hydrogen-bond donors (Lipinski definition) is 1. The van der Waals surface area contributed by atoms with E-state index < -0.39 is 5.97 Å². The summed E-state index contributed by atoms with van der Waals surface area (Å²) >= 11 is 0. The number of aliphatic carboxylic acids is 1. The number of carboxylic acids is 1. The predicted octanol–water partition coefficient (Wildman–Crippen LogP) is 2.49. The first-order valence-corrected chi connectivity index (χ1v) is 6.37. The summed E-state index contributed by atoms with van der Waals surface area (Å²) in [6, 6.07) is 10.3. The Morgan fingerprint density at radius 3 is 2.78 bits per heavy atom. The number of carbonyl (C=O) groups is 1. The predicted molar refractivity (Wildman–Crippen MR) is 72.3 cm³/mol. The molecule has 1 aliphatic heterocycles. The number of benzene rings is 1. The van der Waals surface area contributed by atoms with Gasteiger partial charge in [0.25, 0.3) is 0 Å². The second-order valence-corrected chi connectivity index (χ2v) is 4.78. The van der Waals surface area contributed by atoms with E-state index in [1.165, 1.54) is 5.56 Å². The van der Waals surface area contributed by atoms with Crippen molar-refractivity contribution in [2.24, 2.45) is 5.92 Å². The lowest BCUT2D eigenvalue weighted by Crippen LogP contribution is -2.33. The first kappa shape index (κ1) is 12.8. The number of hydrogen-bond acceptors (Lipinski definition) is 2. The van der Waals surface area contributed by atoms with Gasteiger partial charge < -0.3 is 5.11 Å². The molecule has 0 amide bonds. The topological polar surface area (TPSA) is 40.5 Å². The fraction of sp³-hybridized carbons (Fsp3) is 0.400. The third-order valence-electron chi connectivity index (χ3n) is 3.65. The van der Waals surface area contributed by atoms with Crippen LogP contribution in [0.5, 0.6) is 0 Å². The maximum atomic E-state index is 11.0. The molecular weight excluding hydrogens is 226 g/mol. The number of carboxylic acid groups (broad SMARTS) is 1. The second kappa shape index (κ2) is 5.83. The molecule has 0 aliphatic carbocycles. The highest BCUT2D eigenvalue weighted by Gasteiger charge is 2.34. The summed E-state index contributed by atoms with van der Waals surface area (Å²) in [6.07, 6.45) is 4.95. The molecule has 96 valence electrons. The number of rotatable bonds is 4. The molecule has 1 aliphatic rings. The molecule has 0 bridgehead atoms. The summed E-state index contributed by atoms with van der Waals surface area (Å²) in [7, 11) is 0. The molecule has 18 heavy (non-hydrogen) atoms. The first-order chi connectivity index (χ1) is 8.68. The highest BCUT2D eigenvalue weighted by atomic mass is 16.4. The molecule has 1 aromatic rings. The van der Waals surface area contributed by atoms with Gasteiger partial charge >= 0.3 is 5.97 Å². The summed E-state index contributed by atoms with van der Waals surface area (Å²) in [5.41, 5.74) is 1.18. The molecule has 1 heterocycles. The largest absolute Gasteiger partial charge is 0.481 e. The molecule has 1 N–H and O–H groups in total. The van der Waals surface area contributed by atoms with Crippen molar-refractivity contribution in [1.82, 2.24) is 4.90 Å². The molecule has 2 rings (SSSR count). The van der Waals surface area contributed by atoms with Crippen LogP contribution in [0.25, 0.3) is 6.08 Å². The summed E-state index contributed by atoms with van der Waals surface area (Å²) in [6.45, 7) is 3.69. The zero-order valence-electron chi connectivity index (χ0n) is 10.6. The molecular formula is C15H19NO2. The van der Waals surface area contributed by atoms with Crippen LogP contribution in [0.4, 0.5) is 0 Å².